The molecule has 0 aliphatic carbocycles. The van der Waals surface area contributed by atoms with Crippen LogP contribution in [0.5, 0.6) is 11.5 Å². The number of pyridine rings is 1. The van der Waals surface area contributed by atoms with Crippen molar-refractivity contribution in [2.45, 2.75) is 6.23 Å². The molecule has 15 heteroatoms. The second-order valence-electron chi connectivity index (χ2n) is 11.0. The predicted octanol–water partition coefficient (Wildman–Crippen LogP) is 2.59. The predicted molar refractivity (Wildman–Crippen MR) is 172 cm³/mol. The van der Waals surface area contributed by atoms with Crippen LogP contribution < -0.4 is 20.7 Å². The minimum atomic E-state index is -1.82. The summed E-state index contributed by atoms with van der Waals surface area (Å²) in [5.41, 5.74) is 6.07. The number of aromatic nitrogens is 1. The number of rotatable bonds is 8. The van der Waals surface area contributed by atoms with Crippen molar-refractivity contribution in [3.05, 3.63) is 83.7 Å². The number of nitrogen functional groups attached to an aromatic ring is 1. The van der Waals surface area contributed by atoms with E-state index in [2.05, 4.69) is 27.0 Å². The Kier molecular flexibility index (Phi) is 10.5. The van der Waals surface area contributed by atoms with Gasteiger partial charge in [-0.1, -0.05) is 11.8 Å². The number of hydrogen-bond donors (Lipinski definition) is 3. The van der Waals surface area contributed by atoms with Crippen LogP contribution in [0.4, 0.5) is 30.8 Å². The van der Waals surface area contributed by atoms with Crippen LogP contribution >= 0.6 is 0 Å². The molecule has 4 amide bonds. The summed E-state index contributed by atoms with van der Waals surface area (Å²) >= 11 is 0. The number of likely N-dealkylation sites (N-methyl/N-ethyl adjacent to an activating group) is 1. The van der Waals surface area contributed by atoms with Crippen LogP contribution in [-0.4, -0.2) is 102 Å². The Labute approximate surface area is 275 Å². The minimum Gasteiger partial charge on any atom is -0.453 e. The molecule has 0 radical (unpaired) electrons. The number of hydrogen-bond acceptors (Lipinski definition) is 9. The van der Waals surface area contributed by atoms with Gasteiger partial charge in [-0.05, 0) is 36.4 Å². The number of benzene rings is 2. The van der Waals surface area contributed by atoms with E-state index in [9.17, 15) is 23.9 Å². The van der Waals surface area contributed by atoms with Crippen molar-refractivity contribution in [1.29, 1.82) is 0 Å². The highest BCUT2D eigenvalue weighted by molar-refractivity contribution is 6.08. The lowest BCUT2D eigenvalue weighted by Gasteiger charge is -2.37. The number of aliphatic hydroxyl groups is 1. The van der Waals surface area contributed by atoms with Gasteiger partial charge in [0.2, 0.25) is 5.91 Å². The van der Waals surface area contributed by atoms with Crippen LogP contribution in [0, 0.1) is 23.5 Å². The van der Waals surface area contributed by atoms with Crippen molar-refractivity contribution in [2.24, 2.45) is 0 Å². The maximum atomic E-state index is 15.3. The van der Waals surface area contributed by atoms with E-state index in [1.165, 1.54) is 55.5 Å². The molecule has 1 unspecified atom stereocenters. The first kappa shape index (κ1) is 33.8. The van der Waals surface area contributed by atoms with Gasteiger partial charge in [-0.25, -0.2) is 18.6 Å². The summed E-state index contributed by atoms with van der Waals surface area (Å²) in [6.07, 6.45) is 0.636. The molecule has 0 bridgehead atoms. The molecule has 3 aromatic rings. The molecule has 48 heavy (non-hydrogen) atoms. The van der Waals surface area contributed by atoms with Crippen LogP contribution in [0.2, 0.25) is 0 Å². The minimum absolute atomic E-state index is 0.00105. The normalized spacial score (nSPS) is 16.5. The number of ether oxygens (including phenoxy) is 2. The Morgan fingerprint density at radius 2 is 1.85 bits per heavy atom. The average Bonchev–Trinajstić information content (AvgIpc) is 3.06. The lowest BCUT2D eigenvalue weighted by atomic mass is 10.1. The molecule has 3 heterocycles. The van der Waals surface area contributed by atoms with Crippen LogP contribution in [0.3, 0.4) is 0 Å². The summed E-state index contributed by atoms with van der Waals surface area (Å²) in [7, 11) is 2.99. The van der Waals surface area contributed by atoms with Gasteiger partial charge in [0.15, 0.2) is 17.8 Å². The van der Waals surface area contributed by atoms with E-state index in [4.69, 9.17) is 15.2 Å². The molecule has 2 aliphatic rings. The number of aliphatic hydroxyl groups excluding tert-OH is 1. The third kappa shape index (κ3) is 7.86. The number of urea groups is 1. The molecular formula is C33H33F2N7O6. The quantitative estimate of drug-likeness (QED) is 0.309. The summed E-state index contributed by atoms with van der Waals surface area (Å²) in [5, 5.41) is 13.6. The van der Waals surface area contributed by atoms with Gasteiger partial charge in [-0.3, -0.25) is 24.3 Å². The first-order chi connectivity index (χ1) is 23.0. The first-order valence-corrected chi connectivity index (χ1v) is 14.8. The van der Waals surface area contributed by atoms with E-state index >= 15 is 4.39 Å². The zero-order valence-corrected chi connectivity index (χ0v) is 26.2. The standard InChI is InChI=1S/C33H33F2N7O6/c1-39(2)29(43)20-41-19-25(32(45)42(33(41)46)23-8-5-21(34)6-9-23)31(44)38-22-7-10-28(26(35)18-22)48-27-11-12-37-30(36)24(27)4-3-13-40-14-16-47-17-15-40/h5-12,18-19,32,45H,13-17,20H2,1-2H3,(H2,36,37)(H,38,44). The number of nitrogens with one attached hydrogen (secondary N) is 1. The zero-order valence-electron chi connectivity index (χ0n) is 26.2. The van der Waals surface area contributed by atoms with E-state index in [0.29, 0.717) is 25.3 Å². The monoisotopic (exact) mass is 661 g/mol. The molecule has 2 aromatic carbocycles. The fraction of sp³-hybridized carbons (Fsp3) is 0.273. The summed E-state index contributed by atoms with van der Waals surface area (Å²) in [4.78, 5) is 48.4. The number of halogens is 2. The molecule has 1 saturated heterocycles. The van der Waals surface area contributed by atoms with Crippen LogP contribution in [-0.2, 0) is 14.3 Å². The maximum absolute atomic E-state index is 15.3. The van der Waals surface area contributed by atoms with Gasteiger partial charge >= 0.3 is 6.03 Å². The van der Waals surface area contributed by atoms with Gasteiger partial charge in [0.25, 0.3) is 5.91 Å². The van der Waals surface area contributed by atoms with Crippen molar-refractivity contribution in [2.75, 3.05) is 69.4 Å². The number of morpholine rings is 1. The molecule has 0 spiro atoms. The first-order valence-electron chi connectivity index (χ1n) is 14.8. The maximum Gasteiger partial charge on any atom is 0.331 e. The SMILES string of the molecule is CN(C)C(=O)CN1C=C(C(=O)Nc2ccc(Oc3ccnc(N)c3C#CCN3CCOCC3)c(F)c2)C(O)N(c2ccc(F)cc2)C1=O. The smallest absolute Gasteiger partial charge is 0.331 e. The third-order valence-electron chi connectivity index (χ3n) is 7.41. The number of amides is 4. The summed E-state index contributed by atoms with van der Waals surface area (Å²) in [5.74, 6) is 3.33. The highest BCUT2D eigenvalue weighted by Gasteiger charge is 2.38. The molecule has 2 aliphatic heterocycles. The van der Waals surface area contributed by atoms with Crippen LogP contribution in [0.1, 0.15) is 5.56 Å². The van der Waals surface area contributed by atoms with E-state index in [1.54, 1.807) is 0 Å². The van der Waals surface area contributed by atoms with Crippen LogP contribution in [0.15, 0.2) is 66.5 Å². The van der Waals surface area contributed by atoms with Crippen molar-refractivity contribution in [1.82, 2.24) is 19.7 Å². The second-order valence-corrected chi connectivity index (χ2v) is 11.0. The van der Waals surface area contributed by atoms with Crippen molar-refractivity contribution in [3.8, 4) is 23.3 Å². The van der Waals surface area contributed by atoms with Gasteiger partial charge < -0.3 is 30.5 Å². The average molecular weight is 662 g/mol. The fourth-order valence-corrected chi connectivity index (χ4v) is 4.75. The molecule has 1 atom stereocenters. The third-order valence-corrected chi connectivity index (χ3v) is 7.41. The highest BCUT2D eigenvalue weighted by atomic mass is 19.1. The van der Waals surface area contributed by atoms with Gasteiger partial charge in [-0.2, -0.15) is 0 Å². The Hall–Kier alpha value is -5.56. The van der Waals surface area contributed by atoms with Gasteiger partial charge in [0.05, 0.1) is 25.3 Å². The molecule has 4 N–H and O–H groups in total. The Balaban J connectivity index is 1.34. The van der Waals surface area contributed by atoms with Gasteiger partial charge in [-0.15, -0.1) is 0 Å². The number of anilines is 3. The molecule has 0 saturated carbocycles. The fourth-order valence-electron chi connectivity index (χ4n) is 4.75. The zero-order chi connectivity index (χ0) is 34.4. The lowest BCUT2D eigenvalue weighted by Crippen LogP contribution is -2.55. The molecule has 1 aromatic heterocycles. The van der Waals surface area contributed by atoms with Crippen molar-refractivity contribution < 1.29 is 37.7 Å². The molecular weight excluding hydrogens is 628 g/mol. The van der Waals surface area contributed by atoms with Gasteiger partial charge in [0, 0.05) is 63.1 Å². The van der Waals surface area contributed by atoms with E-state index in [-0.39, 0.29) is 34.3 Å². The number of carbonyl (C=O) groups excluding carboxylic acids is 3. The molecule has 5 rings (SSSR count). The Morgan fingerprint density at radius 1 is 1.12 bits per heavy atom. The molecule has 13 nitrogen and oxygen atoms in total. The van der Waals surface area contributed by atoms with Gasteiger partial charge in [0.1, 0.15) is 29.5 Å². The van der Waals surface area contributed by atoms with Crippen molar-refractivity contribution >= 4 is 35.0 Å². The summed E-state index contributed by atoms with van der Waals surface area (Å²) < 4.78 is 40.1. The second kappa shape index (κ2) is 14.9. The largest absolute Gasteiger partial charge is 0.453 e. The molecule has 1 fully saturated rings. The number of nitrogens with two attached hydrogens (primary N) is 1. The van der Waals surface area contributed by atoms with Crippen LogP contribution in [0.25, 0.3) is 0 Å². The van der Waals surface area contributed by atoms with E-state index < -0.39 is 42.3 Å². The number of nitrogens with zero attached hydrogens (tertiary/aromatic N) is 5. The number of carbonyl (C=O) groups is 3. The Morgan fingerprint density at radius 3 is 2.54 bits per heavy atom. The van der Waals surface area contributed by atoms with E-state index in [0.717, 1.165) is 47.3 Å². The summed E-state index contributed by atoms with van der Waals surface area (Å²) in [6.45, 7) is 2.79. The van der Waals surface area contributed by atoms with E-state index in [1.807, 2.05) is 0 Å². The lowest BCUT2D eigenvalue weighted by molar-refractivity contribution is -0.129. The molecule has 250 valence electrons. The topological polar surface area (TPSA) is 154 Å². The van der Waals surface area contributed by atoms with Crippen molar-refractivity contribution in [3.63, 3.8) is 0 Å². The highest BCUT2D eigenvalue weighted by Crippen LogP contribution is 2.31. The Bertz CT molecular complexity index is 1790. The summed E-state index contributed by atoms with van der Waals surface area (Å²) in [6, 6.07) is 8.99.